The lowest BCUT2D eigenvalue weighted by atomic mass is 9.73. The molecule has 0 unspecified atom stereocenters. The molecule has 0 radical (unpaired) electrons. The third-order valence-electron chi connectivity index (χ3n) is 5.91. The maximum absolute atomic E-state index is 4.88. The van der Waals surface area contributed by atoms with Crippen LogP contribution in [0, 0.1) is 0 Å². The van der Waals surface area contributed by atoms with Crippen LogP contribution in [0.4, 0.5) is 17.1 Å². The number of anilines is 2. The first-order valence-corrected chi connectivity index (χ1v) is 9.19. The summed E-state index contributed by atoms with van der Waals surface area (Å²) >= 11 is 0. The first-order chi connectivity index (χ1) is 12.6. The Kier molecular flexibility index (Phi) is 3.14. The normalized spacial score (nSPS) is 16.6. The van der Waals surface area contributed by atoms with Crippen LogP contribution in [0.5, 0.6) is 0 Å². The smallest absolute Gasteiger partial charge is 0.0669 e. The van der Waals surface area contributed by atoms with Crippen molar-refractivity contribution >= 4 is 22.8 Å². The average molecular weight is 338 g/mol. The van der Waals surface area contributed by atoms with Gasteiger partial charge in [0, 0.05) is 30.3 Å². The Labute approximate surface area is 154 Å². The van der Waals surface area contributed by atoms with Crippen LogP contribution in [0.3, 0.4) is 0 Å². The van der Waals surface area contributed by atoms with E-state index < -0.39 is 0 Å². The van der Waals surface area contributed by atoms with E-state index in [1.807, 2.05) is 0 Å². The largest absolute Gasteiger partial charge is 0.344 e. The highest BCUT2D eigenvalue weighted by Gasteiger charge is 2.35. The zero-order valence-electron chi connectivity index (χ0n) is 15.5. The van der Waals surface area contributed by atoms with Gasteiger partial charge in [-0.05, 0) is 46.5 Å². The summed E-state index contributed by atoms with van der Waals surface area (Å²) in [7, 11) is 2.16. The number of rotatable bonds is 1. The van der Waals surface area contributed by atoms with Gasteiger partial charge in [-0.2, -0.15) is 0 Å². The second-order valence-corrected chi connectivity index (χ2v) is 7.80. The maximum atomic E-state index is 4.88. The Morgan fingerprint density at radius 1 is 0.846 bits per heavy atom. The van der Waals surface area contributed by atoms with Crippen molar-refractivity contribution in [3.05, 3.63) is 89.0 Å². The predicted octanol–water partition coefficient (Wildman–Crippen LogP) is 5.77. The van der Waals surface area contributed by atoms with E-state index in [0.29, 0.717) is 0 Å². The van der Waals surface area contributed by atoms with Crippen molar-refractivity contribution in [2.75, 3.05) is 11.9 Å². The van der Waals surface area contributed by atoms with Gasteiger partial charge in [0.05, 0.1) is 11.4 Å². The quantitative estimate of drug-likeness (QED) is 0.550. The van der Waals surface area contributed by atoms with Gasteiger partial charge in [-0.25, -0.2) is 0 Å². The van der Waals surface area contributed by atoms with Crippen molar-refractivity contribution in [1.82, 2.24) is 0 Å². The summed E-state index contributed by atoms with van der Waals surface area (Å²) in [4.78, 5) is 7.20. The SMILES string of the molecule is CN1c2ccccc2C(C)(C)c2cc(C3=Nc4ccccc4C3)ccc21. The number of aliphatic imine (C=N–C) groups is 1. The number of para-hydroxylation sites is 2. The van der Waals surface area contributed by atoms with Crippen LogP contribution in [-0.4, -0.2) is 12.8 Å². The maximum Gasteiger partial charge on any atom is 0.0669 e. The molecule has 0 N–H and O–H groups in total. The molecule has 2 nitrogen and oxygen atoms in total. The zero-order valence-corrected chi connectivity index (χ0v) is 15.5. The van der Waals surface area contributed by atoms with Gasteiger partial charge in [-0.15, -0.1) is 0 Å². The van der Waals surface area contributed by atoms with E-state index in [1.165, 1.54) is 39.3 Å². The number of nitrogens with zero attached hydrogens (tertiary/aromatic N) is 2. The van der Waals surface area contributed by atoms with E-state index in [0.717, 1.165) is 12.1 Å². The van der Waals surface area contributed by atoms with E-state index in [4.69, 9.17) is 4.99 Å². The molecule has 0 saturated heterocycles. The fourth-order valence-electron chi connectivity index (χ4n) is 4.38. The van der Waals surface area contributed by atoms with Gasteiger partial charge in [-0.1, -0.05) is 56.3 Å². The van der Waals surface area contributed by atoms with Gasteiger partial charge in [0.15, 0.2) is 0 Å². The van der Waals surface area contributed by atoms with Gasteiger partial charge < -0.3 is 4.90 Å². The van der Waals surface area contributed by atoms with Crippen molar-refractivity contribution in [2.24, 2.45) is 4.99 Å². The minimum atomic E-state index is -0.0273. The molecular formula is C24H22N2. The number of benzene rings is 3. The van der Waals surface area contributed by atoms with Gasteiger partial charge >= 0.3 is 0 Å². The van der Waals surface area contributed by atoms with Crippen LogP contribution in [0.15, 0.2) is 71.7 Å². The molecule has 2 heteroatoms. The lowest BCUT2D eigenvalue weighted by Crippen LogP contribution is -2.31. The molecule has 0 fully saturated rings. The van der Waals surface area contributed by atoms with Crippen molar-refractivity contribution in [1.29, 1.82) is 0 Å². The highest BCUT2D eigenvalue weighted by atomic mass is 15.1. The Balaban J connectivity index is 1.63. The molecule has 2 heterocycles. The molecule has 2 aliphatic heterocycles. The molecule has 0 aromatic heterocycles. The Morgan fingerprint density at radius 2 is 1.58 bits per heavy atom. The molecule has 5 rings (SSSR count). The van der Waals surface area contributed by atoms with Crippen LogP contribution in [0.1, 0.15) is 36.1 Å². The lowest BCUT2D eigenvalue weighted by molar-refractivity contribution is 0.629. The van der Waals surface area contributed by atoms with E-state index >= 15 is 0 Å². The molecule has 26 heavy (non-hydrogen) atoms. The summed E-state index contributed by atoms with van der Waals surface area (Å²) in [6.45, 7) is 4.65. The average Bonchev–Trinajstić information content (AvgIpc) is 3.10. The third kappa shape index (κ3) is 2.08. The van der Waals surface area contributed by atoms with E-state index in [1.54, 1.807) is 0 Å². The fraction of sp³-hybridized carbons (Fsp3) is 0.208. The van der Waals surface area contributed by atoms with Gasteiger partial charge in [0.25, 0.3) is 0 Å². The van der Waals surface area contributed by atoms with E-state index in [-0.39, 0.29) is 5.41 Å². The number of fused-ring (bicyclic) bond motifs is 3. The Hall–Kier alpha value is -2.87. The fourth-order valence-corrected chi connectivity index (χ4v) is 4.38. The minimum absolute atomic E-state index is 0.0273. The predicted molar refractivity (Wildman–Crippen MR) is 109 cm³/mol. The number of hydrogen-bond acceptors (Lipinski definition) is 2. The van der Waals surface area contributed by atoms with Gasteiger partial charge in [-0.3, -0.25) is 4.99 Å². The van der Waals surface area contributed by atoms with Crippen LogP contribution >= 0.6 is 0 Å². The Morgan fingerprint density at radius 3 is 2.42 bits per heavy atom. The third-order valence-corrected chi connectivity index (χ3v) is 5.91. The van der Waals surface area contributed by atoms with Crippen molar-refractivity contribution in [2.45, 2.75) is 25.7 Å². The highest BCUT2D eigenvalue weighted by Crippen LogP contribution is 2.48. The van der Waals surface area contributed by atoms with Crippen LogP contribution in [0.2, 0.25) is 0 Å². The van der Waals surface area contributed by atoms with E-state index in [9.17, 15) is 0 Å². The van der Waals surface area contributed by atoms with Crippen molar-refractivity contribution in [3.63, 3.8) is 0 Å². The molecule has 0 atom stereocenters. The minimum Gasteiger partial charge on any atom is -0.344 e. The standard InChI is InChI=1S/C24H22N2/c1-24(2)18-9-5-7-11-22(18)26(3)23-13-12-17(14-19(23)24)21-15-16-8-4-6-10-20(16)25-21/h4-14H,15H2,1-3H3. The molecule has 128 valence electrons. The van der Waals surface area contributed by atoms with Crippen LogP contribution < -0.4 is 4.90 Å². The molecule has 3 aromatic rings. The molecule has 0 bridgehead atoms. The second-order valence-electron chi connectivity index (χ2n) is 7.80. The summed E-state index contributed by atoms with van der Waals surface area (Å²) in [6, 6.07) is 24.0. The van der Waals surface area contributed by atoms with E-state index in [2.05, 4.69) is 92.5 Å². The summed E-state index contributed by atoms with van der Waals surface area (Å²) in [5.41, 5.74) is 10.1. The van der Waals surface area contributed by atoms with Crippen molar-refractivity contribution < 1.29 is 0 Å². The summed E-state index contributed by atoms with van der Waals surface area (Å²) in [5.74, 6) is 0. The first kappa shape index (κ1) is 15.4. The monoisotopic (exact) mass is 338 g/mol. The topological polar surface area (TPSA) is 15.6 Å². The molecule has 0 spiro atoms. The van der Waals surface area contributed by atoms with Crippen LogP contribution in [0.25, 0.3) is 0 Å². The second kappa shape index (κ2) is 5.31. The molecule has 0 aliphatic carbocycles. The summed E-state index contributed by atoms with van der Waals surface area (Å²) in [6.07, 6.45) is 0.918. The van der Waals surface area contributed by atoms with Gasteiger partial charge in [0.2, 0.25) is 0 Å². The zero-order chi connectivity index (χ0) is 17.9. The summed E-state index contributed by atoms with van der Waals surface area (Å²) in [5, 5.41) is 0. The first-order valence-electron chi connectivity index (χ1n) is 9.19. The molecule has 3 aromatic carbocycles. The molecular weight excluding hydrogens is 316 g/mol. The molecule has 2 aliphatic rings. The van der Waals surface area contributed by atoms with Gasteiger partial charge in [0.1, 0.15) is 0 Å². The van der Waals surface area contributed by atoms with Crippen LogP contribution in [-0.2, 0) is 11.8 Å². The molecule has 0 saturated carbocycles. The Bertz CT molecular complexity index is 1060. The summed E-state index contributed by atoms with van der Waals surface area (Å²) < 4.78 is 0. The van der Waals surface area contributed by atoms with Crippen molar-refractivity contribution in [3.8, 4) is 0 Å². The highest BCUT2D eigenvalue weighted by molar-refractivity contribution is 6.07. The number of hydrogen-bond donors (Lipinski definition) is 0. The molecule has 0 amide bonds. The lowest BCUT2D eigenvalue weighted by Gasteiger charge is -2.40.